The molecule has 0 spiro atoms. The van der Waals surface area contributed by atoms with E-state index in [4.69, 9.17) is 27.9 Å². The minimum absolute atomic E-state index is 0.0156. The standard InChI is InChI=1S/C27H27Cl2N3O5S/c1-18(2)26(33)31-13-15-32(16-14-31)27(34)22-17-19(28)7-12-24(22)30-38(35,36)21-10-8-20(9-11-21)37-25-6-4-3-5-23(25)29/h3-12,17-18,30H,13-16H2,1-2H3. The van der Waals surface area contributed by atoms with Gasteiger partial charge in [0, 0.05) is 37.1 Å². The van der Waals surface area contributed by atoms with Crippen molar-refractivity contribution in [2.75, 3.05) is 30.9 Å². The fraction of sp³-hybridized carbons (Fsp3) is 0.259. The SMILES string of the molecule is CC(C)C(=O)N1CCN(C(=O)c2cc(Cl)ccc2NS(=O)(=O)c2ccc(Oc3ccccc3Cl)cc2)CC1. The van der Waals surface area contributed by atoms with Crippen LogP contribution in [0.1, 0.15) is 24.2 Å². The van der Waals surface area contributed by atoms with Crippen molar-refractivity contribution in [1.29, 1.82) is 0 Å². The molecular formula is C27H27Cl2N3O5S. The van der Waals surface area contributed by atoms with Crippen molar-refractivity contribution in [3.05, 3.63) is 82.3 Å². The van der Waals surface area contributed by atoms with Crippen LogP contribution in [-0.4, -0.2) is 56.2 Å². The molecule has 3 aromatic carbocycles. The molecule has 0 bridgehead atoms. The summed E-state index contributed by atoms with van der Waals surface area (Å²) in [5.74, 6) is 0.404. The van der Waals surface area contributed by atoms with E-state index < -0.39 is 10.0 Å². The quantitative estimate of drug-likeness (QED) is 0.399. The molecule has 0 saturated carbocycles. The second-order valence-corrected chi connectivity index (χ2v) is 11.6. The lowest BCUT2D eigenvalue weighted by molar-refractivity contribution is -0.135. The monoisotopic (exact) mass is 575 g/mol. The highest BCUT2D eigenvalue weighted by molar-refractivity contribution is 7.92. The summed E-state index contributed by atoms with van der Waals surface area (Å²) in [4.78, 5) is 28.9. The van der Waals surface area contributed by atoms with E-state index in [0.29, 0.717) is 47.7 Å². The molecule has 8 nitrogen and oxygen atoms in total. The van der Waals surface area contributed by atoms with Crippen LogP contribution in [0.3, 0.4) is 0 Å². The van der Waals surface area contributed by atoms with Crippen LogP contribution in [0, 0.1) is 5.92 Å². The van der Waals surface area contributed by atoms with Crippen molar-refractivity contribution in [1.82, 2.24) is 9.80 Å². The Morgan fingerprint density at radius 2 is 1.53 bits per heavy atom. The molecule has 1 saturated heterocycles. The molecule has 2 amide bonds. The summed E-state index contributed by atoms with van der Waals surface area (Å²) in [6.07, 6.45) is 0. The minimum Gasteiger partial charge on any atom is -0.456 e. The molecule has 1 aliphatic heterocycles. The lowest BCUT2D eigenvalue weighted by Crippen LogP contribution is -2.51. The number of sulfonamides is 1. The Hall–Kier alpha value is -3.27. The van der Waals surface area contributed by atoms with Crippen LogP contribution in [0.15, 0.2) is 71.6 Å². The molecule has 11 heteroatoms. The Labute approximate surface area is 232 Å². The topological polar surface area (TPSA) is 96.0 Å². The lowest BCUT2D eigenvalue weighted by Gasteiger charge is -2.36. The van der Waals surface area contributed by atoms with Gasteiger partial charge >= 0.3 is 0 Å². The number of ether oxygens (including phenoxy) is 1. The first-order chi connectivity index (χ1) is 18.0. The number of halogens is 2. The van der Waals surface area contributed by atoms with E-state index in [1.54, 1.807) is 34.1 Å². The van der Waals surface area contributed by atoms with Crippen LogP contribution in [0.5, 0.6) is 11.5 Å². The van der Waals surface area contributed by atoms with Crippen LogP contribution in [0.4, 0.5) is 5.69 Å². The smallest absolute Gasteiger partial charge is 0.261 e. The maximum atomic E-state index is 13.4. The summed E-state index contributed by atoms with van der Waals surface area (Å²) < 4.78 is 34.6. The molecule has 0 aromatic heterocycles. The molecular weight excluding hydrogens is 549 g/mol. The highest BCUT2D eigenvalue weighted by Gasteiger charge is 2.28. The maximum absolute atomic E-state index is 13.4. The molecule has 4 rings (SSSR count). The van der Waals surface area contributed by atoms with Gasteiger partial charge in [-0.3, -0.25) is 14.3 Å². The van der Waals surface area contributed by atoms with Crippen molar-refractivity contribution in [2.45, 2.75) is 18.7 Å². The van der Waals surface area contributed by atoms with Crippen LogP contribution >= 0.6 is 23.2 Å². The van der Waals surface area contributed by atoms with Gasteiger partial charge in [0.25, 0.3) is 15.9 Å². The second-order valence-electron chi connectivity index (χ2n) is 9.07. The third kappa shape index (κ3) is 6.40. The van der Waals surface area contributed by atoms with E-state index in [1.807, 2.05) is 13.8 Å². The molecule has 0 unspecified atom stereocenters. The average Bonchev–Trinajstić information content (AvgIpc) is 2.90. The Morgan fingerprint density at radius 3 is 2.16 bits per heavy atom. The number of carbonyl (C=O) groups is 2. The van der Waals surface area contributed by atoms with Crippen molar-refractivity contribution in [2.24, 2.45) is 5.92 Å². The second kappa shape index (κ2) is 11.6. The van der Waals surface area contributed by atoms with Gasteiger partial charge in [0.2, 0.25) is 5.91 Å². The van der Waals surface area contributed by atoms with Crippen molar-refractivity contribution < 1.29 is 22.7 Å². The van der Waals surface area contributed by atoms with E-state index in [-0.39, 0.29) is 33.9 Å². The Morgan fingerprint density at radius 1 is 0.895 bits per heavy atom. The predicted molar refractivity (Wildman–Crippen MR) is 148 cm³/mol. The number of hydrogen-bond acceptors (Lipinski definition) is 5. The van der Waals surface area contributed by atoms with Crippen molar-refractivity contribution >= 4 is 50.7 Å². The number of amides is 2. The Bertz CT molecular complexity index is 1440. The van der Waals surface area contributed by atoms with Crippen LogP contribution in [0.2, 0.25) is 10.0 Å². The molecule has 0 aliphatic carbocycles. The fourth-order valence-corrected chi connectivity index (χ4v) is 5.42. The highest BCUT2D eigenvalue weighted by Crippen LogP contribution is 2.30. The maximum Gasteiger partial charge on any atom is 0.261 e. The normalized spacial score (nSPS) is 13.9. The minimum atomic E-state index is -4.04. The molecule has 38 heavy (non-hydrogen) atoms. The Kier molecular flexibility index (Phi) is 8.50. The fourth-order valence-electron chi connectivity index (χ4n) is 3.99. The molecule has 1 fully saturated rings. The third-order valence-corrected chi connectivity index (χ3v) is 7.96. The van der Waals surface area contributed by atoms with Gasteiger partial charge in [-0.15, -0.1) is 0 Å². The molecule has 3 aromatic rings. The van der Waals surface area contributed by atoms with Gasteiger partial charge < -0.3 is 14.5 Å². The van der Waals surface area contributed by atoms with Gasteiger partial charge in [-0.2, -0.15) is 0 Å². The van der Waals surface area contributed by atoms with Gasteiger partial charge in [0.1, 0.15) is 11.5 Å². The zero-order valence-corrected chi connectivity index (χ0v) is 23.2. The molecule has 0 radical (unpaired) electrons. The number of nitrogens with zero attached hydrogens (tertiary/aromatic N) is 2. The Balaban J connectivity index is 1.49. The third-order valence-electron chi connectivity index (χ3n) is 6.03. The van der Waals surface area contributed by atoms with Crippen LogP contribution < -0.4 is 9.46 Å². The van der Waals surface area contributed by atoms with Gasteiger partial charge in [-0.1, -0.05) is 49.2 Å². The van der Waals surface area contributed by atoms with E-state index in [0.717, 1.165) is 0 Å². The van der Waals surface area contributed by atoms with E-state index >= 15 is 0 Å². The summed E-state index contributed by atoms with van der Waals surface area (Å²) in [6.45, 7) is 5.17. The first-order valence-corrected chi connectivity index (χ1v) is 14.2. The van der Waals surface area contributed by atoms with E-state index in [1.165, 1.54) is 42.5 Å². The van der Waals surface area contributed by atoms with Crippen LogP contribution in [-0.2, 0) is 14.8 Å². The summed E-state index contributed by atoms with van der Waals surface area (Å²) in [6, 6.07) is 17.2. The number of hydrogen-bond donors (Lipinski definition) is 1. The van der Waals surface area contributed by atoms with Crippen molar-refractivity contribution in [3.63, 3.8) is 0 Å². The van der Waals surface area contributed by atoms with Gasteiger partial charge in [0.15, 0.2) is 0 Å². The average molecular weight is 577 g/mol. The molecule has 0 atom stereocenters. The van der Waals surface area contributed by atoms with E-state index in [2.05, 4.69) is 4.72 Å². The first kappa shape index (κ1) is 27.8. The number of carbonyl (C=O) groups excluding carboxylic acids is 2. The first-order valence-electron chi connectivity index (χ1n) is 12.0. The number of piperazine rings is 1. The molecule has 1 heterocycles. The molecule has 200 valence electrons. The zero-order chi connectivity index (χ0) is 27.4. The number of rotatable bonds is 7. The number of anilines is 1. The highest BCUT2D eigenvalue weighted by atomic mass is 35.5. The summed E-state index contributed by atoms with van der Waals surface area (Å²) in [5, 5.41) is 0.727. The summed E-state index contributed by atoms with van der Waals surface area (Å²) in [7, 11) is -4.04. The summed E-state index contributed by atoms with van der Waals surface area (Å²) in [5.41, 5.74) is 0.236. The van der Waals surface area contributed by atoms with Gasteiger partial charge in [0.05, 0.1) is 21.2 Å². The largest absolute Gasteiger partial charge is 0.456 e. The van der Waals surface area contributed by atoms with Gasteiger partial charge in [-0.25, -0.2) is 8.42 Å². The van der Waals surface area contributed by atoms with Crippen LogP contribution in [0.25, 0.3) is 0 Å². The zero-order valence-electron chi connectivity index (χ0n) is 20.9. The molecule has 1 N–H and O–H groups in total. The number of nitrogens with one attached hydrogen (secondary N) is 1. The predicted octanol–water partition coefficient (Wildman–Crippen LogP) is 5.53. The van der Waals surface area contributed by atoms with Crippen molar-refractivity contribution in [3.8, 4) is 11.5 Å². The van der Waals surface area contributed by atoms with Gasteiger partial charge in [-0.05, 0) is 54.6 Å². The lowest BCUT2D eigenvalue weighted by atomic mass is 10.1. The number of benzene rings is 3. The summed E-state index contributed by atoms with van der Waals surface area (Å²) >= 11 is 12.3. The van der Waals surface area contributed by atoms with E-state index in [9.17, 15) is 18.0 Å². The molecule has 1 aliphatic rings. The number of para-hydroxylation sites is 1.